The Kier molecular flexibility index (Phi) is 4.79. The summed E-state index contributed by atoms with van der Waals surface area (Å²) in [5.74, 6) is 0.225. The van der Waals surface area contributed by atoms with Gasteiger partial charge in [0.25, 0.3) is 0 Å². The molecule has 1 heterocycles. The Hall–Kier alpha value is -2.17. The number of aliphatic imine (C=N–C) groups is 1. The molecule has 1 aromatic carbocycles. The molecule has 0 unspecified atom stereocenters. The molecule has 2 aliphatic carbocycles. The Morgan fingerprint density at radius 3 is 2.62 bits per heavy atom. The second-order valence-electron chi connectivity index (χ2n) is 7.26. The molecule has 1 saturated carbocycles. The van der Waals surface area contributed by atoms with Crippen LogP contribution in [0.5, 0.6) is 5.75 Å². The Bertz CT molecular complexity index is 791. The van der Waals surface area contributed by atoms with Gasteiger partial charge in [-0.3, -0.25) is 0 Å². The van der Waals surface area contributed by atoms with Crippen molar-refractivity contribution in [3.8, 4) is 5.75 Å². The summed E-state index contributed by atoms with van der Waals surface area (Å²) in [6.07, 6.45) is 8.80. The first-order valence-electron chi connectivity index (χ1n) is 9.68. The lowest BCUT2D eigenvalue weighted by molar-refractivity contribution is -0.130. The molecule has 5 heteroatoms. The first-order chi connectivity index (χ1) is 12.7. The van der Waals surface area contributed by atoms with Crippen LogP contribution in [0.2, 0.25) is 0 Å². The van der Waals surface area contributed by atoms with Gasteiger partial charge < -0.3 is 9.47 Å². The molecule has 4 nitrogen and oxygen atoms in total. The number of ether oxygens (including phenoxy) is 2. The second kappa shape index (κ2) is 7.22. The van der Waals surface area contributed by atoms with Crippen molar-refractivity contribution in [1.29, 1.82) is 0 Å². The first kappa shape index (κ1) is 17.3. The van der Waals surface area contributed by atoms with Gasteiger partial charge in [0, 0.05) is 17.2 Å². The molecule has 1 aliphatic heterocycles. The number of carbonyl (C=O) groups is 1. The fourth-order valence-corrected chi connectivity index (χ4v) is 4.02. The summed E-state index contributed by atoms with van der Waals surface area (Å²) in [5.41, 5.74) is 2.58. The normalized spacial score (nSPS) is 22.1. The zero-order valence-corrected chi connectivity index (χ0v) is 15.1. The van der Waals surface area contributed by atoms with E-state index in [1.165, 1.54) is 18.9 Å². The summed E-state index contributed by atoms with van der Waals surface area (Å²) in [7, 11) is 0. The number of cyclic esters (lactones) is 1. The third-order valence-corrected chi connectivity index (χ3v) is 5.49. The first-order valence-corrected chi connectivity index (χ1v) is 9.68. The lowest BCUT2D eigenvalue weighted by Gasteiger charge is -2.17. The number of nitrogens with zero attached hydrogens (tertiary/aromatic N) is 1. The van der Waals surface area contributed by atoms with Gasteiger partial charge in [0.15, 0.2) is 0 Å². The predicted molar refractivity (Wildman–Crippen MR) is 97.3 cm³/mol. The lowest BCUT2D eigenvalue weighted by Crippen LogP contribution is -2.12. The number of carbonyl (C=O) groups excluding carboxylic acids is 1. The Labute approximate surface area is 153 Å². The van der Waals surface area contributed by atoms with E-state index in [0.29, 0.717) is 17.7 Å². The van der Waals surface area contributed by atoms with Crippen molar-refractivity contribution in [2.45, 2.75) is 70.8 Å². The van der Waals surface area contributed by atoms with Crippen LogP contribution in [0.1, 0.15) is 63.9 Å². The quantitative estimate of drug-likeness (QED) is 0.699. The largest absolute Gasteiger partial charge is 0.490 e. The standard InChI is InChI=1S/C21H24FNO3/c1-2-13-11-17(22)18(12-19(13)25-14-7-3-4-8-14)23-20-15-9-5-6-10-16(15)21(24)26-20/h11-12,14H,2-10H2,1H3. The SMILES string of the molecule is CCc1cc(F)c(N=C2OC(=O)C3=C2CCCC3)cc1OC1CCCC1. The number of hydrogen-bond donors (Lipinski definition) is 0. The van der Waals surface area contributed by atoms with Crippen LogP contribution in [0, 0.1) is 5.82 Å². The maximum Gasteiger partial charge on any atom is 0.341 e. The fraction of sp³-hybridized carbons (Fsp3) is 0.524. The van der Waals surface area contributed by atoms with E-state index in [-0.39, 0.29) is 23.7 Å². The third kappa shape index (κ3) is 3.27. The van der Waals surface area contributed by atoms with Gasteiger partial charge in [0.2, 0.25) is 5.90 Å². The fourth-order valence-electron chi connectivity index (χ4n) is 4.02. The molecule has 0 spiro atoms. The van der Waals surface area contributed by atoms with Gasteiger partial charge in [-0.2, -0.15) is 0 Å². The van der Waals surface area contributed by atoms with Crippen LogP contribution in [-0.4, -0.2) is 18.0 Å². The minimum atomic E-state index is -0.408. The van der Waals surface area contributed by atoms with Gasteiger partial charge >= 0.3 is 5.97 Å². The van der Waals surface area contributed by atoms with Gasteiger partial charge in [-0.25, -0.2) is 14.2 Å². The van der Waals surface area contributed by atoms with Crippen molar-refractivity contribution in [1.82, 2.24) is 0 Å². The Morgan fingerprint density at radius 2 is 1.88 bits per heavy atom. The van der Waals surface area contributed by atoms with E-state index in [0.717, 1.165) is 49.7 Å². The zero-order chi connectivity index (χ0) is 18.1. The average Bonchev–Trinajstić information content (AvgIpc) is 3.26. The monoisotopic (exact) mass is 357 g/mol. The van der Waals surface area contributed by atoms with Crippen molar-refractivity contribution in [3.63, 3.8) is 0 Å². The number of esters is 1. The molecule has 0 amide bonds. The van der Waals surface area contributed by atoms with Crippen LogP contribution >= 0.6 is 0 Å². The molecule has 0 N–H and O–H groups in total. The van der Waals surface area contributed by atoms with Crippen molar-refractivity contribution in [2.75, 3.05) is 0 Å². The highest BCUT2D eigenvalue weighted by Crippen LogP contribution is 2.36. The molecule has 0 atom stereocenters. The van der Waals surface area contributed by atoms with Gasteiger partial charge in [-0.15, -0.1) is 0 Å². The smallest absolute Gasteiger partial charge is 0.341 e. The summed E-state index contributed by atoms with van der Waals surface area (Å²) in [5, 5.41) is 0. The highest BCUT2D eigenvalue weighted by Gasteiger charge is 2.33. The van der Waals surface area contributed by atoms with E-state index in [4.69, 9.17) is 9.47 Å². The van der Waals surface area contributed by atoms with Gasteiger partial charge in [-0.1, -0.05) is 6.92 Å². The van der Waals surface area contributed by atoms with Crippen molar-refractivity contribution < 1.29 is 18.7 Å². The van der Waals surface area contributed by atoms with E-state index in [9.17, 15) is 9.18 Å². The molecule has 138 valence electrons. The molecule has 0 saturated heterocycles. The topological polar surface area (TPSA) is 47.9 Å². The minimum absolute atomic E-state index is 0.178. The van der Waals surface area contributed by atoms with E-state index in [1.54, 1.807) is 6.07 Å². The van der Waals surface area contributed by atoms with Gasteiger partial charge in [0.05, 0.1) is 6.10 Å². The van der Waals surface area contributed by atoms with Crippen LogP contribution in [-0.2, 0) is 16.0 Å². The molecule has 0 aromatic heterocycles. The maximum absolute atomic E-state index is 14.6. The van der Waals surface area contributed by atoms with Crippen LogP contribution in [0.25, 0.3) is 0 Å². The highest BCUT2D eigenvalue weighted by molar-refractivity contribution is 6.15. The van der Waals surface area contributed by atoms with Crippen molar-refractivity contribution in [3.05, 3.63) is 34.7 Å². The van der Waals surface area contributed by atoms with Gasteiger partial charge in [-0.05, 0) is 69.4 Å². The van der Waals surface area contributed by atoms with Crippen LogP contribution in [0.3, 0.4) is 0 Å². The lowest BCUT2D eigenvalue weighted by atomic mass is 9.93. The minimum Gasteiger partial charge on any atom is -0.490 e. The number of benzene rings is 1. The Morgan fingerprint density at radius 1 is 1.15 bits per heavy atom. The van der Waals surface area contributed by atoms with Crippen molar-refractivity contribution >= 4 is 17.6 Å². The number of aryl methyl sites for hydroxylation is 1. The Balaban J connectivity index is 1.67. The molecule has 3 aliphatic rings. The molecular formula is C21H24FNO3. The summed E-state index contributed by atoms with van der Waals surface area (Å²) in [4.78, 5) is 16.4. The molecule has 26 heavy (non-hydrogen) atoms. The summed E-state index contributed by atoms with van der Waals surface area (Å²) >= 11 is 0. The van der Waals surface area contributed by atoms with Crippen LogP contribution < -0.4 is 4.74 Å². The van der Waals surface area contributed by atoms with Gasteiger partial charge in [0.1, 0.15) is 17.3 Å². The average molecular weight is 357 g/mol. The van der Waals surface area contributed by atoms with E-state index in [2.05, 4.69) is 4.99 Å². The van der Waals surface area contributed by atoms with Crippen molar-refractivity contribution in [2.24, 2.45) is 4.99 Å². The highest BCUT2D eigenvalue weighted by atomic mass is 19.1. The number of halogens is 1. The summed E-state index contributed by atoms with van der Waals surface area (Å²) in [6, 6.07) is 3.16. The summed E-state index contributed by atoms with van der Waals surface area (Å²) < 4.78 is 26.0. The maximum atomic E-state index is 14.6. The van der Waals surface area contributed by atoms with E-state index in [1.807, 2.05) is 6.92 Å². The van der Waals surface area contributed by atoms with Crippen LogP contribution in [0.15, 0.2) is 28.3 Å². The molecule has 1 aromatic rings. The molecule has 0 bridgehead atoms. The molecular weight excluding hydrogens is 333 g/mol. The molecule has 1 fully saturated rings. The zero-order valence-electron chi connectivity index (χ0n) is 15.1. The molecule has 4 rings (SSSR count). The van der Waals surface area contributed by atoms with E-state index >= 15 is 0 Å². The van der Waals surface area contributed by atoms with E-state index < -0.39 is 5.82 Å². The summed E-state index contributed by atoms with van der Waals surface area (Å²) in [6.45, 7) is 1.99. The third-order valence-electron chi connectivity index (χ3n) is 5.49. The predicted octanol–water partition coefficient (Wildman–Crippen LogP) is 5.17. The van der Waals surface area contributed by atoms with Crippen LogP contribution in [0.4, 0.5) is 10.1 Å². The second-order valence-corrected chi connectivity index (χ2v) is 7.26. The number of rotatable bonds is 4. The molecule has 0 radical (unpaired) electrons. The number of hydrogen-bond acceptors (Lipinski definition) is 4.